The molecule has 1 rings (SSSR count). The summed E-state index contributed by atoms with van der Waals surface area (Å²) in [5.41, 5.74) is 8.71. The minimum absolute atomic E-state index is 0.155. The first-order chi connectivity index (χ1) is 8.19. The fourth-order valence-electron chi connectivity index (χ4n) is 1.45. The van der Waals surface area contributed by atoms with Crippen molar-refractivity contribution in [3.63, 3.8) is 0 Å². The van der Waals surface area contributed by atoms with E-state index >= 15 is 0 Å². The molecule has 0 fully saturated rings. The summed E-state index contributed by atoms with van der Waals surface area (Å²) in [6.45, 7) is 3.46. The van der Waals surface area contributed by atoms with Crippen LogP contribution in [0.25, 0.3) is 10.4 Å². The van der Waals surface area contributed by atoms with Crippen LogP contribution < -0.4 is 5.32 Å². The van der Waals surface area contributed by atoms with Crippen molar-refractivity contribution in [3.8, 4) is 0 Å². The number of aromatic nitrogens is 1. The van der Waals surface area contributed by atoms with Crippen LogP contribution in [0.2, 0.25) is 0 Å². The molecule has 0 atom stereocenters. The minimum atomic E-state index is -0.155. The second-order valence-corrected chi connectivity index (χ2v) is 4.36. The highest BCUT2D eigenvalue weighted by atomic mass is 79.9. The molecule has 1 amide bonds. The molecule has 92 valence electrons. The number of nitrogens with zero attached hydrogens (tertiary/aromatic N) is 4. The molecule has 0 saturated carbocycles. The Kier molecular flexibility index (Phi) is 5.59. The zero-order chi connectivity index (χ0) is 12.7. The van der Waals surface area contributed by atoms with E-state index in [1.165, 1.54) is 0 Å². The topological polar surface area (TPSA) is 82.8 Å². The lowest BCUT2D eigenvalue weighted by Crippen LogP contribution is -2.28. The molecule has 17 heavy (non-hydrogen) atoms. The number of carbonyl (C=O) groups excluding carboxylic acids is 1. The van der Waals surface area contributed by atoms with E-state index in [1.807, 2.05) is 10.8 Å². The number of halogens is 1. The molecule has 0 aliphatic heterocycles. The van der Waals surface area contributed by atoms with Gasteiger partial charge < -0.3 is 9.88 Å². The third-order valence-corrected chi connectivity index (χ3v) is 2.55. The highest BCUT2D eigenvalue weighted by molar-refractivity contribution is 9.10. The van der Waals surface area contributed by atoms with Crippen LogP contribution >= 0.6 is 15.9 Å². The number of rotatable bonds is 6. The first kappa shape index (κ1) is 13.6. The molecule has 0 aliphatic carbocycles. The molecular formula is C10H14BrN5O. The quantitative estimate of drug-likeness (QED) is 0.372. The number of hydrogen-bond acceptors (Lipinski definition) is 2. The maximum Gasteiger partial charge on any atom is 0.267 e. The molecule has 1 aromatic heterocycles. The minimum Gasteiger partial charge on any atom is -0.351 e. The number of amides is 1. The summed E-state index contributed by atoms with van der Waals surface area (Å²) in [6.07, 6.45) is 2.84. The maximum atomic E-state index is 11.8. The van der Waals surface area contributed by atoms with Gasteiger partial charge in [0.05, 0.1) is 0 Å². The fraction of sp³-hybridized carbons (Fsp3) is 0.500. The molecule has 0 bridgehead atoms. The van der Waals surface area contributed by atoms with Gasteiger partial charge in [-0.25, -0.2) is 0 Å². The second-order valence-electron chi connectivity index (χ2n) is 3.45. The maximum absolute atomic E-state index is 11.8. The van der Waals surface area contributed by atoms with Crippen molar-refractivity contribution in [3.05, 3.63) is 32.9 Å². The number of aryl methyl sites for hydroxylation is 1. The van der Waals surface area contributed by atoms with Gasteiger partial charge in [-0.2, -0.15) is 0 Å². The number of azide groups is 1. The highest BCUT2D eigenvalue weighted by Crippen LogP contribution is 2.15. The van der Waals surface area contributed by atoms with Gasteiger partial charge in [0.25, 0.3) is 5.91 Å². The molecule has 6 nitrogen and oxygen atoms in total. The van der Waals surface area contributed by atoms with Crippen LogP contribution in [0, 0.1) is 0 Å². The van der Waals surface area contributed by atoms with Crippen LogP contribution in [0.5, 0.6) is 0 Å². The zero-order valence-electron chi connectivity index (χ0n) is 9.56. The lowest BCUT2D eigenvalue weighted by molar-refractivity contribution is 0.0945. The normalized spacial score (nSPS) is 9.76. The molecule has 0 saturated heterocycles. The second kappa shape index (κ2) is 6.98. The summed E-state index contributed by atoms with van der Waals surface area (Å²) in [6, 6.07) is 1.78. The SMILES string of the molecule is CCCn1cc(Br)cc1C(=O)NCCN=[N+]=[N-]. The predicted octanol–water partition coefficient (Wildman–Crippen LogP) is 2.70. The third-order valence-electron chi connectivity index (χ3n) is 2.12. The molecule has 1 aromatic rings. The van der Waals surface area contributed by atoms with E-state index in [2.05, 4.69) is 38.2 Å². The Morgan fingerprint density at radius 2 is 2.47 bits per heavy atom. The number of hydrogen-bond donors (Lipinski definition) is 1. The highest BCUT2D eigenvalue weighted by Gasteiger charge is 2.11. The van der Waals surface area contributed by atoms with Crippen molar-refractivity contribution in [2.75, 3.05) is 13.1 Å². The van der Waals surface area contributed by atoms with E-state index in [-0.39, 0.29) is 12.5 Å². The van der Waals surface area contributed by atoms with E-state index in [1.54, 1.807) is 6.07 Å². The molecular weight excluding hydrogens is 286 g/mol. The largest absolute Gasteiger partial charge is 0.351 e. The van der Waals surface area contributed by atoms with Gasteiger partial charge in [-0.15, -0.1) is 0 Å². The Bertz CT molecular complexity index is 436. The molecule has 0 spiro atoms. The average molecular weight is 300 g/mol. The van der Waals surface area contributed by atoms with Gasteiger partial charge in [0.15, 0.2) is 0 Å². The Labute approximate surface area is 108 Å². The van der Waals surface area contributed by atoms with Crippen LogP contribution in [-0.2, 0) is 6.54 Å². The van der Waals surface area contributed by atoms with Crippen LogP contribution in [0.1, 0.15) is 23.8 Å². The monoisotopic (exact) mass is 299 g/mol. The molecule has 0 unspecified atom stereocenters. The Morgan fingerprint density at radius 1 is 1.71 bits per heavy atom. The van der Waals surface area contributed by atoms with Crippen molar-refractivity contribution >= 4 is 21.8 Å². The van der Waals surface area contributed by atoms with Crippen LogP contribution in [0.15, 0.2) is 21.9 Å². The zero-order valence-corrected chi connectivity index (χ0v) is 11.1. The average Bonchev–Trinajstić information content (AvgIpc) is 2.66. The number of carbonyl (C=O) groups is 1. The van der Waals surface area contributed by atoms with Crippen molar-refractivity contribution < 1.29 is 4.79 Å². The van der Waals surface area contributed by atoms with Crippen molar-refractivity contribution in [2.45, 2.75) is 19.9 Å². The Balaban J connectivity index is 2.63. The van der Waals surface area contributed by atoms with Gasteiger partial charge in [-0.3, -0.25) is 4.79 Å². The Morgan fingerprint density at radius 3 is 3.12 bits per heavy atom. The van der Waals surface area contributed by atoms with E-state index in [0.717, 1.165) is 17.4 Å². The summed E-state index contributed by atoms with van der Waals surface area (Å²) in [7, 11) is 0. The Hall–Kier alpha value is -1.46. The van der Waals surface area contributed by atoms with Crippen LogP contribution in [-0.4, -0.2) is 23.6 Å². The van der Waals surface area contributed by atoms with E-state index in [4.69, 9.17) is 5.53 Å². The molecule has 0 radical (unpaired) electrons. The third kappa shape index (κ3) is 4.13. The summed E-state index contributed by atoms with van der Waals surface area (Å²) < 4.78 is 2.78. The lowest BCUT2D eigenvalue weighted by atomic mass is 10.3. The van der Waals surface area contributed by atoms with Gasteiger partial charge in [0, 0.05) is 35.2 Å². The molecule has 0 aromatic carbocycles. The fourth-order valence-corrected chi connectivity index (χ4v) is 1.91. The summed E-state index contributed by atoms with van der Waals surface area (Å²) in [5, 5.41) is 6.05. The first-order valence-corrected chi connectivity index (χ1v) is 6.13. The predicted molar refractivity (Wildman–Crippen MR) is 68.8 cm³/mol. The molecule has 0 aliphatic rings. The molecule has 7 heteroatoms. The lowest BCUT2D eigenvalue weighted by Gasteiger charge is -2.07. The standard InChI is InChI=1S/C10H14BrN5O/c1-2-5-16-7-8(11)6-9(16)10(17)13-3-4-14-15-12/h6-7H,2-5H2,1H3,(H,13,17). The van der Waals surface area contributed by atoms with E-state index < -0.39 is 0 Å². The van der Waals surface area contributed by atoms with E-state index in [9.17, 15) is 4.79 Å². The van der Waals surface area contributed by atoms with Crippen LogP contribution in [0.4, 0.5) is 0 Å². The molecule has 1 heterocycles. The summed E-state index contributed by atoms with van der Waals surface area (Å²) >= 11 is 3.35. The van der Waals surface area contributed by atoms with Crippen molar-refractivity contribution in [1.29, 1.82) is 0 Å². The number of nitrogens with one attached hydrogen (secondary N) is 1. The van der Waals surface area contributed by atoms with Gasteiger partial charge >= 0.3 is 0 Å². The smallest absolute Gasteiger partial charge is 0.267 e. The van der Waals surface area contributed by atoms with Gasteiger partial charge in [0.1, 0.15) is 5.69 Å². The van der Waals surface area contributed by atoms with Gasteiger partial charge in [-0.05, 0) is 33.9 Å². The summed E-state index contributed by atoms with van der Waals surface area (Å²) in [4.78, 5) is 14.4. The van der Waals surface area contributed by atoms with Gasteiger partial charge in [0.2, 0.25) is 0 Å². The summed E-state index contributed by atoms with van der Waals surface area (Å²) in [5.74, 6) is -0.155. The van der Waals surface area contributed by atoms with Crippen molar-refractivity contribution in [1.82, 2.24) is 9.88 Å². The van der Waals surface area contributed by atoms with Crippen LogP contribution in [0.3, 0.4) is 0 Å². The van der Waals surface area contributed by atoms with E-state index in [0.29, 0.717) is 12.2 Å². The van der Waals surface area contributed by atoms with Crippen molar-refractivity contribution in [2.24, 2.45) is 5.11 Å². The van der Waals surface area contributed by atoms with Gasteiger partial charge in [-0.1, -0.05) is 12.0 Å². The molecule has 1 N–H and O–H groups in total. The first-order valence-electron chi connectivity index (χ1n) is 5.33.